The van der Waals surface area contributed by atoms with Crippen LogP contribution in [-0.4, -0.2) is 82.5 Å². The summed E-state index contributed by atoms with van der Waals surface area (Å²) in [6.07, 6.45) is 4.63. The fraction of sp³-hybridized carbons (Fsp3) is 0.484. The number of carbonyl (C=O) groups is 1. The number of aromatic nitrogens is 2. The summed E-state index contributed by atoms with van der Waals surface area (Å²) in [6.45, 7) is 11.5. The monoisotopic (exact) mass is 550 g/mol. The first kappa shape index (κ1) is 29.4. The summed E-state index contributed by atoms with van der Waals surface area (Å²) < 4.78 is 19.8. The number of aryl methyl sites for hydroxylation is 4. The Balaban J connectivity index is 1.39. The third kappa shape index (κ3) is 7.76. The van der Waals surface area contributed by atoms with Gasteiger partial charge >= 0.3 is 0 Å². The van der Waals surface area contributed by atoms with Crippen molar-refractivity contribution in [2.24, 2.45) is 0 Å². The highest BCUT2D eigenvalue weighted by atomic mass is 16.5. The number of nitrogens with zero attached hydrogens (tertiary/aromatic N) is 4. The maximum atomic E-state index is 12.3. The van der Waals surface area contributed by atoms with Crippen molar-refractivity contribution < 1.29 is 24.1 Å². The van der Waals surface area contributed by atoms with Gasteiger partial charge in [0, 0.05) is 52.0 Å². The normalized spacial score (nSPS) is 17.9. The first-order valence-corrected chi connectivity index (χ1v) is 13.8. The molecule has 4 rings (SSSR count). The van der Waals surface area contributed by atoms with Gasteiger partial charge in [-0.3, -0.25) is 9.69 Å². The molecular formula is C31H42N4O5. The zero-order valence-electron chi connectivity index (χ0n) is 24.4. The number of β-amino-alcohol motifs (C(OH)–C–C–N with tert-alkyl or cyclic N) is 1. The molecule has 1 atom stereocenters. The van der Waals surface area contributed by atoms with Crippen molar-refractivity contribution in [3.63, 3.8) is 0 Å². The average Bonchev–Trinajstić information content (AvgIpc) is 3.25. The largest absolute Gasteiger partial charge is 0.493 e. The van der Waals surface area contributed by atoms with Gasteiger partial charge in [-0.25, -0.2) is 4.98 Å². The molecular weight excluding hydrogens is 508 g/mol. The third-order valence-electron chi connectivity index (χ3n) is 7.48. The van der Waals surface area contributed by atoms with Crippen LogP contribution in [0.25, 0.3) is 0 Å². The van der Waals surface area contributed by atoms with Crippen LogP contribution < -0.4 is 14.2 Å². The molecule has 1 aliphatic heterocycles. The molecule has 1 unspecified atom stereocenters. The molecule has 9 heteroatoms. The highest BCUT2D eigenvalue weighted by Gasteiger charge is 2.37. The molecule has 1 N–H and O–H groups in total. The minimum absolute atomic E-state index is 0.0576. The molecule has 1 aromatic heterocycles. The second-order valence-electron chi connectivity index (χ2n) is 10.8. The van der Waals surface area contributed by atoms with E-state index in [0.29, 0.717) is 50.0 Å². The van der Waals surface area contributed by atoms with Crippen LogP contribution in [0.1, 0.15) is 35.9 Å². The summed E-state index contributed by atoms with van der Waals surface area (Å²) in [5, 5.41) is 11.6. The van der Waals surface area contributed by atoms with Crippen LogP contribution in [-0.2, 0) is 17.9 Å². The van der Waals surface area contributed by atoms with Crippen molar-refractivity contribution in [2.75, 3.05) is 46.5 Å². The van der Waals surface area contributed by atoms with Gasteiger partial charge in [0.15, 0.2) is 11.5 Å². The smallest absolute Gasteiger partial charge is 0.219 e. The lowest BCUT2D eigenvalue weighted by Gasteiger charge is -2.33. The van der Waals surface area contributed by atoms with Crippen LogP contribution >= 0.6 is 0 Å². The summed E-state index contributed by atoms with van der Waals surface area (Å²) in [7, 11) is 1.64. The number of aliphatic hydroxyl groups is 1. The summed E-state index contributed by atoms with van der Waals surface area (Å²) in [5.74, 6) is 3.01. The van der Waals surface area contributed by atoms with Gasteiger partial charge in [0.2, 0.25) is 5.91 Å². The van der Waals surface area contributed by atoms with E-state index < -0.39 is 5.60 Å². The maximum Gasteiger partial charge on any atom is 0.219 e. The number of carbonyl (C=O) groups excluding carboxylic acids is 1. The number of amides is 1. The number of hydrogen-bond acceptors (Lipinski definition) is 7. The quantitative estimate of drug-likeness (QED) is 0.364. The third-order valence-corrected chi connectivity index (χ3v) is 7.48. The number of methoxy groups -OCH3 is 1. The second kappa shape index (κ2) is 13.2. The fourth-order valence-electron chi connectivity index (χ4n) is 5.00. The van der Waals surface area contributed by atoms with Crippen LogP contribution in [0, 0.1) is 20.8 Å². The van der Waals surface area contributed by atoms with Gasteiger partial charge in [-0.2, -0.15) is 0 Å². The van der Waals surface area contributed by atoms with E-state index in [1.807, 2.05) is 56.4 Å². The van der Waals surface area contributed by atoms with Gasteiger partial charge in [0.05, 0.1) is 20.3 Å². The summed E-state index contributed by atoms with van der Waals surface area (Å²) >= 11 is 0. The Labute approximate surface area is 237 Å². The van der Waals surface area contributed by atoms with Crippen LogP contribution in [0.3, 0.4) is 0 Å². The molecule has 3 aromatic rings. The van der Waals surface area contributed by atoms with Crippen molar-refractivity contribution in [1.29, 1.82) is 0 Å². The molecule has 0 radical (unpaired) electrons. The van der Waals surface area contributed by atoms with E-state index in [9.17, 15) is 9.90 Å². The van der Waals surface area contributed by atoms with Crippen molar-refractivity contribution in [3.05, 3.63) is 71.3 Å². The Morgan fingerprint density at radius 3 is 2.55 bits per heavy atom. The molecule has 0 spiro atoms. The van der Waals surface area contributed by atoms with Crippen LogP contribution in [0.5, 0.6) is 17.2 Å². The molecule has 0 aliphatic carbocycles. The number of ether oxygens (including phenoxy) is 3. The number of imidazole rings is 1. The first-order chi connectivity index (χ1) is 19.2. The Morgan fingerprint density at radius 1 is 1.02 bits per heavy atom. The van der Waals surface area contributed by atoms with E-state index in [1.165, 1.54) is 5.56 Å². The zero-order valence-corrected chi connectivity index (χ0v) is 24.4. The van der Waals surface area contributed by atoms with E-state index in [4.69, 9.17) is 14.2 Å². The van der Waals surface area contributed by atoms with Gasteiger partial charge in [-0.05, 0) is 68.1 Å². The molecule has 40 heavy (non-hydrogen) atoms. The lowest BCUT2D eigenvalue weighted by atomic mass is 10.0. The minimum Gasteiger partial charge on any atom is -0.493 e. The molecule has 9 nitrogen and oxygen atoms in total. The summed E-state index contributed by atoms with van der Waals surface area (Å²) in [6, 6.07) is 11.8. The highest BCUT2D eigenvalue weighted by Crippen LogP contribution is 2.29. The van der Waals surface area contributed by atoms with Crippen molar-refractivity contribution in [3.8, 4) is 17.2 Å². The minimum atomic E-state index is -1.22. The molecule has 2 aromatic carbocycles. The van der Waals surface area contributed by atoms with Gasteiger partial charge in [0.1, 0.15) is 23.8 Å². The molecule has 1 amide bonds. The van der Waals surface area contributed by atoms with E-state index in [1.54, 1.807) is 25.1 Å². The molecule has 1 saturated heterocycles. The van der Waals surface area contributed by atoms with E-state index >= 15 is 0 Å². The van der Waals surface area contributed by atoms with E-state index in [2.05, 4.69) is 21.4 Å². The van der Waals surface area contributed by atoms with Crippen molar-refractivity contribution in [2.45, 2.75) is 52.8 Å². The molecule has 0 saturated carbocycles. The van der Waals surface area contributed by atoms with Crippen molar-refractivity contribution >= 4 is 5.91 Å². The standard InChI is InChI=1S/C31H42N4O5/c1-23-7-9-28(17-24(23)2)40-22-31(37)20-33(14-15-35(21-31)26(4)36)19-27-8-10-29(30(18-27)38-5)39-16-6-12-34-13-11-32-25(34)3/h7-11,13,17-18,37H,6,12,14-16,19-22H2,1-5H3. The van der Waals surface area contributed by atoms with Crippen LogP contribution in [0.4, 0.5) is 0 Å². The predicted octanol–water partition coefficient (Wildman–Crippen LogP) is 3.76. The second-order valence-corrected chi connectivity index (χ2v) is 10.8. The van der Waals surface area contributed by atoms with Crippen LogP contribution in [0.2, 0.25) is 0 Å². The van der Waals surface area contributed by atoms with Gasteiger partial charge in [-0.15, -0.1) is 0 Å². The van der Waals surface area contributed by atoms with E-state index in [0.717, 1.165) is 29.9 Å². The lowest BCUT2D eigenvalue weighted by Crippen LogP contribution is -2.51. The summed E-state index contributed by atoms with van der Waals surface area (Å²) in [4.78, 5) is 20.4. The molecule has 0 bridgehead atoms. The zero-order chi connectivity index (χ0) is 28.7. The number of benzene rings is 2. The molecule has 1 fully saturated rings. The molecule has 216 valence electrons. The SMILES string of the molecule is COc1cc(CN2CCN(C(C)=O)CC(O)(COc3ccc(C)c(C)c3)C2)ccc1OCCCn1ccnc1C. The molecule has 1 aliphatic rings. The molecule has 2 heterocycles. The van der Waals surface area contributed by atoms with Crippen molar-refractivity contribution in [1.82, 2.24) is 19.4 Å². The van der Waals surface area contributed by atoms with Crippen LogP contribution in [0.15, 0.2) is 48.8 Å². The van der Waals surface area contributed by atoms with Gasteiger partial charge in [-0.1, -0.05) is 12.1 Å². The Kier molecular flexibility index (Phi) is 9.71. The predicted molar refractivity (Wildman–Crippen MR) is 154 cm³/mol. The Hall–Kier alpha value is -3.56. The van der Waals surface area contributed by atoms with Gasteiger partial charge in [0.25, 0.3) is 0 Å². The number of rotatable bonds is 11. The number of hydrogen-bond donors (Lipinski definition) is 1. The van der Waals surface area contributed by atoms with E-state index in [-0.39, 0.29) is 19.1 Å². The highest BCUT2D eigenvalue weighted by molar-refractivity contribution is 5.73. The topological polar surface area (TPSA) is 89.3 Å². The maximum absolute atomic E-state index is 12.3. The summed E-state index contributed by atoms with van der Waals surface area (Å²) in [5.41, 5.74) is 2.13. The first-order valence-electron chi connectivity index (χ1n) is 13.8. The Bertz CT molecular complexity index is 1290. The average molecular weight is 551 g/mol. The lowest BCUT2D eigenvalue weighted by molar-refractivity contribution is -0.132. The fourth-order valence-corrected chi connectivity index (χ4v) is 5.00. The van der Waals surface area contributed by atoms with Gasteiger partial charge < -0.3 is 28.8 Å². The Morgan fingerprint density at radius 2 is 1.85 bits per heavy atom.